The van der Waals surface area contributed by atoms with Crippen molar-refractivity contribution in [2.75, 3.05) is 93.7 Å². The Labute approximate surface area is 426 Å². The highest BCUT2D eigenvalue weighted by molar-refractivity contribution is 7.85. The lowest BCUT2D eigenvalue weighted by Gasteiger charge is -2.63. The van der Waals surface area contributed by atoms with Crippen molar-refractivity contribution < 1.29 is 69.4 Å². The maximum atomic E-state index is 12.6. The van der Waals surface area contributed by atoms with Gasteiger partial charge in [0.25, 0.3) is 0 Å². The van der Waals surface area contributed by atoms with Crippen LogP contribution in [0, 0.1) is 46.3 Å². The summed E-state index contributed by atoms with van der Waals surface area (Å²) in [5.41, 5.74) is -0.217. The second-order valence-corrected chi connectivity index (χ2v) is 28.0. The standard InChI is InChI=1S/C30H54N2O7S.C17H37NO3S.C5H11NO2/c1-19(7-10-27(36)31-13-6-14-32(4,5)18-40(37,38)39)22-8-9-23-28-24(17-26(35)30(22,23)3)29(2)12-11-21(33)15-20(29)16-25(28)34;1-4-5-6-7-8-9-10-11-12-13-15-18(2,3)16-14-17-22(19,20)21;1-6(2,3)4-5(7)8/h19-26,28,33-35H,6-18H2,1-5H3,(H-,31,36,37,38,39);4-17H2,1-3H3;4H2,1-3H3. The zero-order chi connectivity index (χ0) is 53.4. The van der Waals surface area contributed by atoms with Crippen molar-refractivity contribution in [2.45, 2.75) is 181 Å². The van der Waals surface area contributed by atoms with Gasteiger partial charge in [0, 0.05) is 31.6 Å². The third-order valence-corrected chi connectivity index (χ3v) is 18.8. The van der Waals surface area contributed by atoms with Gasteiger partial charge in [-0.3, -0.25) is 4.79 Å². The third kappa shape index (κ3) is 22.6. The highest BCUT2D eigenvalue weighted by Crippen LogP contribution is 2.68. The van der Waals surface area contributed by atoms with Gasteiger partial charge in [-0.15, -0.1) is 0 Å². The summed E-state index contributed by atoms with van der Waals surface area (Å²) in [5, 5.41) is 46.3. The molecule has 70 heavy (non-hydrogen) atoms. The Balaban J connectivity index is 0.000000469. The number of aliphatic hydroxyl groups excluding tert-OH is 3. The normalized spacial score (nSPS) is 29.5. The van der Waals surface area contributed by atoms with Crippen LogP contribution in [0.2, 0.25) is 0 Å². The number of hydrogen-bond acceptors (Lipinski definition) is 12. The van der Waals surface area contributed by atoms with Crippen molar-refractivity contribution in [3.63, 3.8) is 0 Å². The molecule has 11 unspecified atom stereocenters. The number of nitrogens with one attached hydrogen (secondary N) is 1. The van der Waals surface area contributed by atoms with Gasteiger partial charge in [-0.1, -0.05) is 79.1 Å². The van der Waals surface area contributed by atoms with Crippen molar-refractivity contribution in [1.29, 1.82) is 0 Å². The molecule has 4 aliphatic carbocycles. The van der Waals surface area contributed by atoms with Crippen LogP contribution in [0.15, 0.2) is 0 Å². The Kier molecular flexibility index (Phi) is 26.2. The Morgan fingerprint density at radius 2 is 1.27 bits per heavy atom. The number of likely N-dealkylation sites (N-methyl/N-ethyl adjacent to an activating group) is 1. The number of nitrogens with zero attached hydrogens (tertiary/aromatic N) is 3. The summed E-state index contributed by atoms with van der Waals surface area (Å²) in [4.78, 5) is 22.5. The van der Waals surface area contributed by atoms with Gasteiger partial charge in [-0.2, -0.15) is 0 Å². The maximum absolute atomic E-state index is 12.6. The van der Waals surface area contributed by atoms with Crippen LogP contribution in [0.1, 0.15) is 163 Å². The van der Waals surface area contributed by atoms with E-state index in [0.29, 0.717) is 55.1 Å². The fourth-order valence-corrected chi connectivity index (χ4v) is 14.7. The summed E-state index contributed by atoms with van der Waals surface area (Å²) in [6.07, 6.45) is 20.4. The molecule has 1 amide bonds. The molecule has 4 fully saturated rings. The number of rotatable bonds is 27. The van der Waals surface area contributed by atoms with Crippen molar-refractivity contribution >= 4 is 32.1 Å². The molecular weight excluding hydrogens is 937 g/mol. The van der Waals surface area contributed by atoms with E-state index in [1.165, 1.54) is 64.2 Å². The average Bonchev–Trinajstić information content (AvgIpc) is 3.56. The van der Waals surface area contributed by atoms with Gasteiger partial charge in [0.1, 0.15) is 16.7 Å². The lowest BCUT2D eigenvalue weighted by molar-refractivity contribution is -0.890. The van der Waals surface area contributed by atoms with E-state index in [0.717, 1.165) is 62.5 Å². The lowest BCUT2D eigenvalue weighted by Crippen LogP contribution is -2.62. The van der Waals surface area contributed by atoms with Crippen LogP contribution in [-0.4, -0.2) is 179 Å². The largest absolute Gasteiger partial charge is 0.748 e. The molecule has 0 spiro atoms. The van der Waals surface area contributed by atoms with E-state index in [-0.39, 0.29) is 69.4 Å². The highest BCUT2D eigenvalue weighted by atomic mass is 32.2. The second-order valence-electron chi connectivity index (χ2n) is 25.1. The Hall–Kier alpha value is -1.48. The van der Waals surface area contributed by atoms with E-state index in [2.05, 4.69) is 47.1 Å². The first-order chi connectivity index (χ1) is 32.2. The van der Waals surface area contributed by atoms with Crippen molar-refractivity contribution in [3.8, 4) is 0 Å². The lowest BCUT2D eigenvalue weighted by atomic mass is 9.43. The first-order valence-electron chi connectivity index (χ1n) is 27.0. The summed E-state index contributed by atoms with van der Waals surface area (Å²) in [6, 6.07) is 0. The molecule has 0 aliphatic heterocycles. The number of carbonyl (C=O) groups is 2. The minimum Gasteiger partial charge on any atom is -0.748 e. The molecule has 16 nitrogen and oxygen atoms in total. The van der Waals surface area contributed by atoms with Crippen LogP contribution in [0.4, 0.5) is 0 Å². The van der Waals surface area contributed by atoms with Crippen molar-refractivity contribution in [1.82, 2.24) is 5.32 Å². The number of carboxylic acids is 1. The molecule has 0 aromatic heterocycles. The van der Waals surface area contributed by atoms with E-state index in [1.54, 1.807) is 35.2 Å². The SMILES string of the molecule is CC(CCC(=O)NCCC[N+](C)(C)CS(=O)(=O)[O-])C1CCC2C3C(O)CC4CC(O)CCC4(C)C3CC(O)C12C.CCCCCCCCCCCC[N+](C)(C)CCCS(=O)(=O)[O-].C[N+](C)(C)CC(=O)[O-]. The first-order valence-corrected chi connectivity index (χ1v) is 30.1. The van der Waals surface area contributed by atoms with Gasteiger partial charge in [0.15, 0.2) is 5.88 Å². The molecule has 414 valence electrons. The Morgan fingerprint density at radius 1 is 0.714 bits per heavy atom. The van der Waals surface area contributed by atoms with Gasteiger partial charge in [-0.05, 0) is 111 Å². The Bertz CT molecular complexity index is 1790. The average molecular weight is 1040 g/mol. The molecule has 4 rings (SSSR count). The van der Waals surface area contributed by atoms with E-state index in [1.807, 2.05) is 0 Å². The molecule has 0 saturated heterocycles. The van der Waals surface area contributed by atoms with Crippen LogP contribution in [-0.2, 0) is 29.8 Å². The van der Waals surface area contributed by atoms with Gasteiger partial charge in [0.05, 0.1) is 103 Å². The molecule has 18 heteroatoms. The zero-order valence-corrected chi connectivity index (χ0v) is 47.3. The van der Waals surface area contributed by atoms with Crippen LogP contribution >= 0.6 is 0 Å². The van der Waals surface area contributed by atoms with Gasteiger partial charge in [-0.25, -0.2) is 16.8 Å². The quantitative estimate of drug-likeness (QED) is 0.0492. The zero-order valence-electron chi connectivity index (χ0n) is 45.7. The summed E-state index contributed by atoms with van der Waals surface area (Å²) in [6.45, 7) is 11.8. The summed E-state index contributed by atoms with van der Waals surface area (Å²) in [5.74, 6) is -0.136. The predicted molar refractivity (Wildman–Crippen MR) is 272 cm³/mol. The highest BCUT2D eigenvalue weighted by Gasteiger charge is 2.65. The van der Waals surface area contributed by atoms with E-state index in [9.17, 15) is 56.0 Å². The molecule has 0 aromatic carbocycles. The topological polar surface area (TPSA) is 244 Å². The van der Waals surface area contributed by atoms with Gasteiger partial charge in [0.2, 0.25) is 5.91 Å². The fourth-order valence-electron chi connectivity index (χ4n) is 13.2. The number of amides is 1. The minimum absolute atomic E-state index is 0.0290. The second kappa shape index (κ2) is 28.4. The number of quaternary nitrogens is 3. The fraction of sp³-hybridized carbons (Fsp3) is 0.962. The number of aliphatic carboxylic acids is 1. The van der Waals surface area contributed by atoms with E-state index in [4.69, 9.17) is 0 Å². The summed E-state index contributed by atoms with van der Waals surface area (Å²) >= 11 is 0. The number of unbranched alkanes of at least 4 members (excludes halogenated alkanes) is 9. The van der Waals surface area contributed by atoms with E-state index >= 15 is 0 Å². The van der Waals surface area contributed by atoms with Crippen LogP contribution in [0.3, 0.4) is 0 Å². The maximum Gasteiger partial charge on any atom is 0.220 e. The molecule has 4 aliphatic rings. The number of hydrogen-bond donors (Lipinski definition) is 4. The number of fused-ring (bicyclic) bond motifs is 5. The van der Waals surface area contributed by atoms with Crippen LogP contribution < -0.4 is 10.4 Å². The molecule has 0 aromatic rings. The molecule has 0 bridgehead atoms. The molecule has 0 heterocycles. The number of aliphatic hydroxyl groups is 3. The van der Waals surface area contributed by atoms with Crippen molar-refractivity contribution in [2.24, 2.45) is 46.3 Å². The van der Waals surface area contributed by atoms with Crippen LogP contribution in [0.5, 0.6) is 0 Å². The predicted octanol–water partition coefficient (Wildman–Crippen LogP) is 4.81. The van der Waals surface area contributed by atoms with Gasteiger partial charge < -0.3 is 53.1 Å². The summed E-state index contributed by atoms with van der Waals surface area (Å²) in [7, 11) is 4.67. The number of carboxylic acid groups (broad SMARTS) is 1. The third-order valence-electron chi connectivity index (χ3n) is 17.0. The van der Waals surface area contributed by atoms with Crippen LogP contribution in [0.25, 0.3) is 0 Å². The number of carbonyl (C=O) groups excluding carboxylic acids is 2. The minimum atomic E-state index is -4.31. The Morgan fingerprint density at radius 3 is 1.80 bits per heavy atom. The molecule has 0 radical (unpaired) electrons. The molecular formula is C52H102N4O12S2. The van der Waals surface area contributed by atoms with Crippen molar-refractivity contribution in [3.05, 3.63) is 0 Å². The molecule has 11 atom stereocenters. The monoisotopic (exact) mass is 1040 g/mol. The summed E-state index contributed by atoms with van der Waals surface area (Å²) < 4.78 is 66.3. The molecule has 4 N–H and O–H groups in total. The van der Waals surface area contributed by atoms with Gasteiger partial charge >= 0.3 is 0 Å². The van der Waals surface area contributed by atoms with E-state index < -0.39 is 38.2 Å². The smallest absolute Gasteiger partial charge is 0.220 e. The first kappa shape index (κ1) is 64.6. The molecule has 4 saturated carbocycles.